The largest absolute Gasteiger partial charge is 0.490 e. The molecule has 1 heterocycles. The SMILES string of the molecule is CCOC(=O)COc1ccc(/C=C2\SC(=O)N(CC(=O)Nc3cccc(SC)c3)C2=O)cc1OCC. The van der Waals surface area contributed by atoms with Gasteiger partial charge in [0, 0.05) is 10.6 Å². The van der Waals surface area contributed by atoms with Gasteiger partial charge < -0.3 is 19.5 Å². The van der Waals surface area contributed by atoms with Crippen LogP contribution in [0.1, 0.15) is 19.4 Å². The summed E-state index contributed by atoms with van der Waals surface area (Å²) in [6.07, 6.45) is 3.47. The molecule has 36 heavy (non-hydrogen) atoms. The van der Waals surface area contributed by atoms with Gasteiger partial charge in [0.15, 0.2) is 18.1 Å². The second-order valence-corrected chi connectivity index (χ2v) is 9.15. The third-order valence-electron chi connectivity index (χ3n) is 4.75. The van der Waals surface area contributed by atoms with E-state index >= 15 is 0 Å². The van der Waals surface area contributed by atoms with Crippen LogP contribution in [0.25, 0.3) is 6.08 Å². The van der Waals surface area contributed by atoms with Gasteiger partial charge in [0.1, 0.15) is 6.54 Å². The number of nitrogens with one attached hydrogen (secondary N) is 1. The predicted octanol–water partition coefficient (Wildman–Crippen LogP) is 4.42. The summed E-state index contributed by atoms with van der Waals surface area (Å²) in [6, 6.07) is 12.2. The van der Waals surface area contributed by atoms with Crippen LogP contribution in [-0.2, 0) is 19.1 Å². The Kier molecular flexibility index (Phi) is 9.83. The molecule has 9 nitrogen and oxygen atoms in total. The molecule has 0 aromatic heterocycles. The Bertz CT molecular complexity index is 1180. The molecule has 0 aliphatic carbocycles. The maximum atomic E-state index is 12.9. The molecule has 0 bridgehead atoms. The molecule has 0 spiro atoms. The van der Waals surface area contributed by atoms with E-state index in [4.69, 9.17) is 14.2 Å². The second-order valence-electron chi connectivity index (χ2n) is 7.28. The van der Waals surface area contributed by atoms with Crippen LogP contribution in [0.15, 0.2) is 52.3 Å². The van der Waals surface area contributed by atoms with E-state index in [1.165, 1.54) is 11.8 Å². The van der Waals surface area contributed by atoms with Crippen molar-refractivity contribution in [1.29, 1.82) is 0 Å². The average Bonchev–Trinajstić information content (AvgIpc) is 3.11. The lowest BCUT2D eigenvalue weighted by Crippen LogP contribution is -2.36. The fourth-order valence-corrected chi connectivity index (χ4v) is 4.47. The maximum Gasteiger partial charge on any atom is 0.344 e. The van der Waals surface area contributed by atoms with Crippen LogP contribution in [0.2, 0.25) is 0 Å². The van der Waals surface area contributed by atoms with Crippen molar-refractivity contribution in [3.05, 3.63) is 52.9 Å². The van der Waals surface area contributed by atoms with Gasteiger partial charge in [-0.2, -0.15) is 0 Å². The zero-order valence-electron chi connectivity index (χ0n) is 20.1. The van der Waals surface area contributed by atoms with Gasteiger partial charge in [0.25, 0.3) is 11.1 Å². The molecule has 11 heteroatoms. The number of amides is 3. The quantitative estimate of drug-likeness (QED) is 0.256. The zero-order chi connectivity index (χ0) is 26.1. The highest BCUT2D eigenvalue weighted by molar-refractivity contribution is 8.18. The number of nitrogens with zero attached hydrogens (tertiary/aromatic N) is 1. The molecule has 2 aromatic rings. The van der Waals surface area contributed by atoms with E-state index in [0.29, 0.717) is 29.4 Å². The number of thioether (sulfide) groups is 2. The van der Waals surface area contributed by atoms with E-state index in [1.807, 2.05) is 24.5 Å². The van der Waals surface area contributed by atoms with Crippen molar-refractivity contribution in [2.24, 2.45) is 0 Å². The zero-order valence-corrected chi connectivity index (χ0v) is 21.7. The number of carbonyl (C=O) groups excluding carboxylic acids is 4. The highest BCUT2D eigenvalue weighted by atomic mass is 32.2. The molecule has 1 aliphatic rings. The summed E-state index contributed by atoms with van der Waals surface area (Å²) < 4.78 is 15.9. The topological polar surface area (TPSA) is 111 Å². The molecule has 0 radical (unpaired) electrons. The van der Waals surface area contributed by atoms with Gasteiger partial charge in [-0.1, -0.05) is 12.1 Å². The Morgan fingerprint density at radius 1 is 1.06 bits per heavy atom. The normalized spacial score (nSPS) is 14.2. The van der Waals surface area contributed by atoms with Gasteiger partial charge in [0.05, 0.1) is 18.1 Å². The third-order valence-corrected chi connectivity index (χ3v) is 6.38. The van der Waals surface area contributed by atoms with Crippen LogP contribution in [-0.4, -0.2) is 60.5 Å². The fourth-order valence-electron chi connectivity index (χ4n) is 3.17. The number of carbonyl (C=O) groups is 4. The van der Waals surface area contributed by atoms with Crippen molar-refractivity contribution in [3.8, 4) is 11.5 Å². The van der Waals surface area contributed by atoms with Gasteiger partial charge in [-0.3, -0.25) is 19.3 Å². The summed E-state index contributed by atoms with van der Waals surface area (Å²) in [5.41, 5.74) is 1.17. The first-order valence-corrected chi connectivity index (χ1v) is 13.1. The van der Waals surface area contributed by atoms with E-state index in [0.717, 1.165) is 21.6 Å². The van der Waals surface area contributed by atoms with Gasteiger partial charge in [0.2, 0.25) is 5.91 Å². The standard InChI is InChI=1S/C25H26N2O7S2/c1-4-32-20-11-16(9-10-19(20)34-15-23(29)33-5-2)12-21-24(30)27(25(31)36-21)14-22(28)26-17-7-6-8-18(13-17)35-3/h6-13H,4-5,14-15H2,1-3H3,(H,26,28)/b21-12-. The van der Waals surface area contributed by atoms with E-state index in [2.05, 4.69) is 5.32 Å². The first kappa shape index (κ1) is 27.2. The number of ether oxygens (including phenoxy) is 3. The maximum absolute atomic E-state index is 12.9. The Morgan fingerprint density at radius 3 is 2.58 bits per heavy atom. The number of imide groups is 1. The number of hydrogen-bond acceptors (Lipinski definition) is 9. The minimum absolute atomic E-state index is 0.180. The molecule has 3 rings (SSSR count). The summed E-state index contributed by atoms with van der Waals surface area (Å²) in [5, 5.41) is 2.19. The van der Waals surface area contributed by atoms with E-state index in [1.54, 1.807) is 44.2 Å². The highest BCUT2D eigenvalue weighted by Crippen LogP contribution is 2.34. The molecule has 3 amide bonds. The summed E-state index contributed by atoms with van der Waals surface area (Å²) in [6.45, 7) is 3.45. The van der Waals surface area contributed by atoms with Crippen LogP contribution in [0, 0.1) is 0 Å². The Morgan fingerprint density at radius 2 is 1.86 bits per heavy atom. The fraction of sp³-hybridized carbons (Fsp3) is 0.280. The van der Waals surface area contributed by atoms with Crippen molar-refractivity contribution in [1.82, 2.24) is 4.90 Å². The Labute approximate surface area is 217 Å². The summed E-state index contributed by atoms with van der Waals surface area (Å²) in [4.78, 5) is 51.4. The smallest absolute Gasteiger partial charge is 0.344 e. The van der Waals surface area contributed by atoms with Crippen molar-refractivity contribution in [2.45, 2.75) is 18.7 Å². The van der Waals surface area contributed by atoms with Crippen molar-refractivity contribution in [3.63, 3.8) is 0 Å². The molecule has 0 unspecified atom stereocenters. The average molecular weight is 531 g/mol. The van der Waals surface area contributed by atoms with Crippen LogP contribution < -0.4 is 14.8 Å². The van der Waals surface area contributed by atoms with Crippen molar-refractivity contribution >= 4 is 58.3 Å². The van der Waals surface area contributed by atoms with Gasteiger partial charge >= 0.3 is 5.97 Å². The third kappa shape index (κ3) is 7.28. The Balaban J connectivity index is 1.69. The minimum Gasteiger partial charge on any atom is -0.490 e. The van der Waals surface area contributed by atoms with Crippen molar-refractivity contribution < 1.29 is 33.4 Å². The molecule has 0 atom stereocenters. The van der Waals surface area contributed by atoms with Gasteiger partial charge in [-0.05, 0) is 73.8 Å². The predicted molar refractivity (Wildman–Crippen MR) is 139 cm³/mol. The molecule has 1 N–H and O–H groups in total. The monoisotopic (exact) mass is 530 g/mol. The molecular formula is C25H26N2O7S2. The molecule has 1 saturated heterocycles. The molecular weight excluding hydrogens is 504 g/mol. The lowest BCUT2D eigenvalue weighted by atomic mass is 10.2. The summed E-state index contributed by atoms with van der Waals surface area (Å²) >= 11 is 2.29. The molecule has 1 fully saturated rings. The van der Waals surface area contributed by atoms with Crippen molar-refractivity contribution in [2.75, 3.05) is 37.9 Å². The highest BCUT2D eigenvalue weighted by Gasteiger charge is 2.36. The van der Waals surface area contributed by atoms with Gasteiger partial charge in [-0.15, -0.1) is 11.8 Å². The number of anilines is 1. The minimum atomic E-state index is -0.557. The lowest BCUT2D eigenvalue weighted by Gasteiger charge is -2.13. The first-order chi connectivity index (χ1) is 17.3. The molecule has 2 aromatic carbocycles. The summed E-state index contributed by atoms with van der Waals surface area (Å²) in [7, 11) is 0. The van der Waals surface area contributed by atoms with Crippen LogP contribution in [0.4, 0.5) is 10.5 Å². The number of benzene rings is 2. The van der Waals surface area contributed by atoms with Crippen LogP contribution in [0.3, 0.4) is 0 Å². The van der Waals surface area contributed by atoms with Crippen LogP contribution in [0.5, 0.6) is 11.5 Å². The van der Waals surface area contributed by atoms with Gasteiger partial charge in [-0.25, -0.2) is 4.79 Å². The molecule has 1 aliphatic heterocycles. The molecule has 190 valence electrons. The second kappa shape index (κ2) is 13.0. The lowest BCUT2D eigenvalue weighted by molar-refractivity contribution is -0.145. The summed E-state index contributed by atoms with van der Waals surface area (Å²) in [5.74, 6) is -0.810. The van der Waals surface area contributed by atoms with Crippen LogP contribution >= 0.6 is 23.5 Å². The molecule has 0 saturated carbocycles. The van der Waals surface area contributed by atoms with E-state index < -0.39 is 29.6 Å². The Hall–Kier alpha value is -3.44. The number of hydrogen-bond donors (Lipinski definition) is 1. The van der Waals surface area contributed by atoms with E-state index in [9.17, 15) is 19.2 Å². The number of rotatable bonds is 11. The number of esters is 1. The van der Waals surface area contributed by atoms with E-state index in [-0.39, 0.29) is 18.1 Å². The first-order valence-electron chi connectivity index (χ1n) is 11.1.